The van der Waals surface area contributed by atoms with Crippen molar-refractivity contribution < 1.29 is 23.2 Å². The highest BCUT2D eigenvalue weighted by molar-refractivity contribution is 5.95. The molecule has 0 aliphatic heterocycles. The van der Waals surface area contributed by atoms with Gasteiger partial charge < -0.3 is 24.4 Å². The highest BCUT2D eigenvalue weighted by atomic mass is 16.3. The largest absolute Gasteiger partial charge is 0.467 e. The van der Waals surface area contributed by atoms with Crippen LogP contribution in [0.5, 0.6) is 0 Å². The zero-order chi connectivity index (χ0) is 23.0. The Balaban J connectivity index is 1.58. The van der Waals surface area contributed by atoms with Crippen LogP contribution in [-0.4, -0.2) is 40.2 Å². The minimum absolute atomic E-state index is 0.0557. The summed E-state index contributed by atoms with van der Waals surface area (Å²) < 4.78 is 10.5. The van der Waals surface area contributed by atoms with E-state index in [2.05, 4.69) is 15.6 Å². The SMILES string of the molecule is O=C(NCC(=O)N(Cc1ccco1)C(C(=O)NC1CCCC1)c1cccnc1)c1ccco1. The zero-order valence-corrected chi connectivity index (χ0v) is 18.1. The summed E-state index contributed by atoms with van der Waals surface area (Å²) in [5.74, 6) is -0.625. The fraction of sp³-hybridized carbons (Fsp3) is 0.333. The summed E-state index contributed by atoms with van der Waals surface area (Å²) in [7, 11) is 0. The molecule has 0 radical (unpaired) electrons. The monoisotopic (exact) mass is 450 g/mol. The van der Waals surface area contributed by atoms with Crippen LogP contribution in [-0.2, 0) is 16.1 Å². The molecule has 3 amide bonds. The fourth-order valence-electron chi connectivity index (χ4n) is 4.01. The normalized spacial score (nSPS) is 14.5. The minimum Gasteiger partial charge on any atom is -0.467 e. The molecule has 0 bridgehead atoms. The molecule has 1 aliphatic rings. The predicted octanol–water partition coefficient (Wildman–Crippen LogP) is 2.83. The van der Waals surface area contributed by atoms with Crippen molar-refractivity contribution in [1.82, 2.24) is 20.5 Å². The molecule has 0 saturated heterocycles. The fourth-order valence-corrected chi connectivity index (χ4v) is 4.01. The van der Waals surface area contributed by atoms with E-state index >= 15 is 0 Å². The highest BCUT2D eigenvalue weighted by Gasteiger charge is 2.34. The average molecular weight is 450 g/mol. The van der Waals surface area contributed by atoms with Crippen molar-refractivity contribution in [3.8, 4) is 0 Å². The number of carbonyl (C=O) groups excluding carboxylic acids is 3. The molecule has 1 aliphatic carbocycles. The van der Waals surface area contributed by atoms with E-state index in [-0.39, 0.29) is 30.8 Å². The van der Waals surface area contributed by atoms with E-state index < -0.39 is 17.9 Å². The number of hydrogen-bond donors (Lipinski definition) is 2. The molecule has 2 N–H and O–H groups in total. The summed E-state index contributed by atoms with van der Waals surface area (Å²) in [6.07, 6.45) is 10.0. The Kier molecular flexibility index (Phi) is 7.19. The van der Waals surface area contributed by atoms with Gasteiger partial charge >= 0.3 is 0 Å². The topological polar surface area (TPSA) is 118 Å². The third-order valence-corrected chi connectivity index (χ3v) is 5.63. The van der Waals surface area contributed by atoms with Gasteiger partial charge in [-0.15, -0.1) is 0 Å². The third kappa shape index (κ3) is 5.68. The maximum absolute atomic E-state index is 13.4. The number of rotatable bonds is 9. The van der Waals surface area contributed by atoms with Crippen molar-refractivity contribution in [2.75, 3.05) is 6.54 Å². The van der Waals surface area contributed by atoms with E-state index in [9.17, 15) is 14.4 Å². The lowest BCUT2D eigenvalue weighted by atomic mass is 10.0. The maximum atomic E-state index is 13.4. The van der Waals surface area contributed by atoms with Gasteiger partial charge in [-0.2, -0.15) is 0 Å². The molecular weight excluding hydrogens is 424 g/mol. The Morgan fingerprint density at radius 3 is 2.52 bits per heavy atom. The molecule has 1 saturated carbocycles. The van der Waals surface area contributed by atoms with Crippen LogP contribution in [0.1, 0.15) is 53.6 Å². The van der Waals surface area contributed by atoms with Gasteiger partial charge in [0.25, 0.3) is 5.91 Å². The Morgan fingerprint density at radius 2 is 1.85 bits per heavy atom. The number of nitrogens with one attached hydrogen (secondary N) is 2. The second-order valence-electron chi connectivity index (χ2n) is 7.94. The third-order valence-electron chi connectivity index (χ3n) is 5.63. The number of aromatic nitrogens is 1. The molecule has 0 aromatic carbocycles. The van der Waals surface area contributed by atoms with Crippen LogP contribution in [0.25, 0.3) is 0 Å². The van der Waals surface area contributed by atoms with Gasteiger partial charge in [0.1, 0.15) is 11.8 Å². The van der Waals surface area contributed by atoms with E-state index in [1.54, 1.807) is 42.7 Å². The van der Waals surface area contributed by atoms with Crippen LogP contribution in [0.2, 0.25) is 0 Å². The lowest BCUT2D eigenvalue weighted by Crippen LogP contribution is -2.48. The highest BCUT2D eigenvalue weighted by Crippen LogP contribution is 2.25. The Labute approximate surface area is 191 Å². The lowest BCUT2D eigenvalue weighted by molar-refractivity contribution is -0.141. The van der Waals surface area contributed by atoms with Crippen molar-refractivity contribution in [2.45, 2.75) is 44.3 Å². The number of furan rings is 2. The van der Waals surface area contributed by atoms with Gasteiger partial charge in [0.15, 0.2) is 5.76 Å². The number of carbonyl (C=O) groups is 3. The smallest absolute Gasteiger partial charge is 0.287 e. The minimum atomic E-state index is -0.933. The quantitative estimate of drug-likeness (QED) is 0.518. The van der Waals surface area contributed by atoms with Crippen LogP contribution in [0.15, 0.2) is 70.2 Å². The summed E-state index contributed by atoms with van der Waals surface area (Å²) in [5, 5.41) is 5.65. The van der Waals surface area contributed by atoms with E-state index in [1.807, 2.05) is 0 Å². The van der Waals surface area contributed by atoms with Gasteiger partial charge in [0.05, 0.1) is 25.6 Å². The number of pyridine rings is 1. The van der Waals surface area contributed by atoms with Gasteiger partial charge in [-0.1, -0.05) is 18.9 Å². The lowest BCUT2D eigenvalue weighted by Gasteiger charge is -2.31. The van der Waals surface area contributed by atoms with Crippen LogP contribution in [0.3, 0.4) is 0 Å². The molecule has 172 valence electrons. The molecule has 1 atom stereocenters. The second-order valence-corrected chi connectivity index (χ2v) is 7.94. The first kappa shape index (κ1) is 22.3. The summed E-state index contributed by atoms with van der Waals surface area (Å²) in [6.45, 7) is -0.256. The molecule has 1 unspecified atom stereocenters. The van der Waals surface area contributed by atoms with E-state index in [1.165, 1.54) is 23.5 Å². The molecular formula is C24H26N4O5. The predicted molar refractivity (Wildman–Crippen MR) is 118 cm³/mol. The van der Waals surface area contributed by atoms with Crippen molar-refractivity contribution >= 4 is 17.7 Å². The summed E-state index contributed by atoms with van der Waals surface area (Å²) in [4.78, 5) is 44.6. The number of nitrogens with zero attached hydrogens (tertiary/aromatic N) is 2. The first-order valence-electron chi connectivity index (χ1n) is 11.0. The second kappa shape index (κ2) is 10.6. The summed E-state index contributed by atoms with van der Waals surface area (Å²) in [6, 6.07) is 9.17. The van der Waals surface area contributed by atoms with Crippen molar-refractivity contribution in [3.63, 3.8) is 0 Å². The van der Waals surface area contributed by atoms with E-state index in [0.717, 1.165) is 25.7 Å². The van der Waals surface area contributed by atoms with Gasteiger partial charge in [0.2, 0.25) is 11.8 Å². The summed E-state index contributed by atoms with van der Waals surface area (Å²) in [5.41, 5.74) is 0.574. The van der Waals surface area contributed by atoms with E-state index in [0.29, 0.717) is 11.3 Å². The molecule has 3 aromatic heterocycles. The molecule has 3 heterocycles. The van der Waals surface area contributed by atoms with Crippen LogP contribution >= 0.6 is 0 Å². The van der Waals surface area contributed by atoms with Crippen LogP contribution in [0, 0.1) is 0 Å². The first-order chi connectivity index (χ1) is 16.1. The first-order valence-corrected chi connectivity index (χ1v) is 11.0. The molecule has 4 rings (SSSR count). The Hall–Kier alpha value is -3.88. The number of amides is 3. The van der Waals surface area contributed by atoms with Crippen molar-refractivity contribution in [2.24, 2.45) is 0 Å². The molecule has 9 nitrogen and oxygen atoms in total. The Bertz CT molecular complexity index is 1040. The molecule has 1 fully saturated rings. The Morgan fingerprint density at radius 1 is 1.06 bits per heavy atom. The molecule has 33 heavy (non-hydrogen) atoms. The molecule has 9 heteroatoms. The van der Waals surface area contributed by atoms with Crippen LogP contribution < -0.4 is 10.6 Å². The van der Waals surface area contributed by atoms with Crippen molar-refractivity contribution in [1.29, 1.82) is 0 Å². The van der Waals surface area contributed by atoms with Gasteiger partial charge in [-0.3, -0.25) is 19.4 Å². The van der Waals surface area contributed by atoms with Gasteiger partial charge in [0, 0.05) is 24.0 Å². The number of hydrogen-bond acceptors (Lipinski definition) is 6. The van der Waals surface area contributed by atoms with Gasteiger partial charge in [-0.05, 0) is 43.2 Å². The molecule has 0 spiro atoms. The average Bonchev–Trinajstić information content (AvgIpc) is 3.61. The van der Waals surface area contributed by atoms with E-state index in [4.69, 9.17) is 8.83 Å². The maximum Gasteiger partial charge on any atom is 0.287 e. The van der Waals surface area contributed by atoms with Gasteiger partial charge in [-0.25, -0.2) is 0 Å². The van der Waals surface area contributed by atoms with Crippen molar-refractivity contribution in [3.05, 3.63) is 78.4 Å². The van der Waals surface area contributed by atoms with Crippen LogP contribution in [0.4, 0.5) is 0 Å². The summed E-state index contributed by atoms with van der Waals surface area (Å²) >= 11 is 0. The molecule has 3 aromatic rings. The standard InChI is InChI=1S/C24H26N4O5/c29-21(15-26-23(30)20-10-5-13-33-20)28(16-19-9-4-12-32-19)22(17-6-3-11-25-14-17)24(31)27-18-7-1-2-8-18/h3-6,9-14,18,22H,1-2,7-8,15-16H2,(H,26,30)(H,27,31). The zero-order valence-electron chi connectivity index (χ0n) is 18.1.